The molecule has 1 aliphatic rings. The van der Waals surface area contributed by atoms with Crippen molar-refractivity contribution in [2.24, 2.45) is 0 Å². The molecule has 0 aromatic heterocycles. The Bertz CT molecular complexity index is 1070. The summed E-state index contributed by atoms with van der Waals surface area (Å²) < 4.78 is 56.2. The molecule has 0 unspecified atom stereocenters. The van der Waals surface area contributed by atoms with E-state index in [0.717, 1.165) is 12.1 Å². The number of carbonyl (C=O) groups is 1. The SMILES string of the molecule is COc1cc(NC(=O)CCN2CCCN(S(=O)(=O)c3ccc(F)cc3)CC2)cc(OC)c1OC. The van der Waals surface area contributed by atoms with E-state index in [1.54, 1.807) is 12.1 Å². The number of hydrogen-bond donors (Lipinski definition) is 1. The van der Waals surface area contributed by atoms with Crippen LogP contribution in [0.5, 0.6) is 17.2 Å². The van der Waals surface area contributed by atoms with Crippen molar-refractivity contribution >= 4 is 21.6 Å². The summed E-state index contributed by atoms with van der Waals surface area (Å²) in [5.41, 5.74) is 0.520. The third kappa shape index (κ3) is 6.16. The van der Waals surface area contributed by atoms with Crippen LogP contribution in [0.4, 0.5) is 10.1 Å². The number of benzene rings is 2. The lowest BCUT2D eigenvalue weighted by molar-refractivity contribution is -0.116. The molecule has 1 heterocycles. The van der Waals surface area contributed by atoms with Gasteiger partial charge in [0.15, 0.2) is 11.5 Å². The van der Waals surface area contributed by atoms with E-state index in [9.17, 15) is 17.6 Å². The van der Waals surface area contributed by atoms with Crippen molar-refractivity contribution in [2.75, 3.05) is 59.4 Å². The molecule has 0 saturated carbocycles. The Kier molecular flexibility index (Phi) is 8.70. The number of sulfonamides is 1. The van der Waals surface area contributed by atoms with Crippen LogP contribution in [0.1, 0.15) is 12.8 Å². The van der Waals surface area contributed by atoms with Crippen LogP contribution < -0.4 is 19.5 Å². The van der Waals surface area contributed by atoms with E-state index < -0.39 is 15.8 Å². The topological polar surface area (TPSA) is 97.4 Å². The number of amides is 1. The van der Waals surface area contributed by atoms with Crippen molar-refractivity contribution in [2.45, 2.75) is 17.7 Å². The summed E-state index contributed by atoms with van der Waals surface area (Å²) in [7, 11) is 0.820. The van der Waals surface area contributed by atoms with E-state index in [0.29, 0.717) is 62.1 Å². The van der Waals surface area contributed by atoms with Crippen LogP contribution in [-0.2, 0) is 14.8 Å². The summed E-state index contributed by atoms with van der Waals surface area (Å²) in [6.45, 7) is 2.33. The number of ether oxygens (including phenoxy) is 3. The van der Waals surface area contributed by atoms with Gasteiger partial charge in [-0.25, -0.2) is 12.8 Å². The standard InChI is InChI=1S/C23H30FN3O6S/c1-31-20-15-18(16-21(32-2)23(20)33-3)25-22(28)9-12-26-10-4-11-27(14-13-26)34(29,30)19-7-5-17(24)6-8-19/h5-8,15-16H,4,9-14H2,1-3H3,(H,25,28). The number of hydrogen-bond acceptors (Lipinski definition) is 7. The maximum absolute atomic E-state index is 13.2. The molecule has 0 aliphatic carbocycles. The quantitative estimate of drug-likeness (QED) is 0.571. The van der Waals surface area contributed by atoms with E-state index in [-0.39, 0.29) is 17.2 Å². The first kappa shape index (κ1) is 25.7. The highest BCUT2D eigenvalue weighted by Crippen LogP contribution is 2.39. The van der Waals surface area contributed by atoms with Gasteiger partial charge >= 0.3 is 0 Å². The molecular weight excluding hydrogens is 465 g/mol. The number of methoxy groups -OCH3 is 3. The molecule has 0 radical (unpaired) electrons. The monoisotopic (exact) mass is 495 g/mol. The van der Waals surface area contributed by atoms with Crippen LogP contribution in [0.2, 0.25) is 0 Å². The third-order valence-electron chi connectivity index (χ3n) is 5.60. The Hall–Kier alpha value is -2.89. The van der Waals surface area contributed by atoms with Crippen molar-refractivity contribution in [3.05, 3.63) is 42.2 Å². The molecule has 1 aliphatic heterocycles. The Morgan fingerprint density at radius 2 is 1.62 bits per heavy atom. The fourth-order valence-corrected chi connectivity index (χ4v) is 5.27. The Labute approximate surface area is 199 Å². The van der Waals surface area contributed by atoms with E-state index in [1.807, 2.05) is 0 Å². The van der Waals surface area contributed by atoms with E-state index in [1.165, 1.54) is 37.8 Å². The van der Waals surface area contributed by atoms with E-state index in [2.05, 4.69) is 10.2 Å². The first-order chi connectivity index (χ1) is 16.3. The second-order valence-corrected chi connectivity index (χ2v) is 9.70. The van der Waals surface area contributed by atoms with Gasteiger partial charge in [0.2, 0.25) is 21.7 Å². The van der Waals surface area contributed by atoms with Crippen LogP contribution in [0.15, 0.2) is 41.3 Å². The van der Waals surface area contributed by atoms with Gasteiger partial charge < -0.3 is 24.4 Å². The molecule has 11 heteroatoms. The summed E-state index contributed by atoms with van der Waals surface area (Å²) in [5, 5.41) is 2.84. The highest BCUT2D eigenvalue weighted by Gasteiger charge is 2.27. The van der Waals surface area contributed by atoms with Crippen LogP contribution in [0.25, 0.3) is 0 Å². The molecule has 0 bridgehead atoms. The largest absolute Gasteiger partial charge is 0.493 e. The van der Waals surface area contributed by atoms with Gasteiger partial charge in [-0.3, -0.25) is 4.79 Å². The second kappa shape index (κ2) is 11.5. The number of rotatable bonds is 9. The zero-order valence-electron chi connectivity index (χ0n) is 19.5. The van der Waals surface area contributed by atoms with Gasteiger partial charge in [0, 0.05) is 50.4 Å². The summed E-state index contributed by atoms with van der Waals surface area (Å²) in [6.07, 6.45) is 0.871. The Balaban J connectivity index is 1.55. The average molecular weight is 496 g/mol. The van der Waals surface area contributed by atoms with Gasteiger partial charge in [-0.1, -0.05) is 0 Å². The van der Waals surface area contributed by atoms with Gasteiger partial charge in [-0.2, -0.15) is 4.31 Å². The number of halogens is 1. The van der Waals surface area contributed by atoms with Crippen molar-refractivity contribution in [3.8, 4) is 17.2 Å². The molecule has 2 aromatic carbocycles. The maximum Gasteiger partial charge on any atom is 0.243 e. The Morgan fingerprint density at radius 1 is 0.971 bits per heavy atom. The lowest BCUT2D eigenvalue weighted by Crippen LogP contribution is -2.36. The van der Waals surface area contributed by atoms with Gasteiger partial charge in [-0.05, 0) is 37.2 Å². The summed E-state index contributed by atoms with van der Waals surface area (Å²) in [4.78, 5) is 14.7. The molecule has 9 nitrogen and oxygen atoms in total. The smallest absolute Gasteiger partial charge is 0.243 e. The molecule has 0 atom stereocenters. The lowest BCUT2D eigenvalue weighted by Gasteiger charge is -2.21. The highest BCUT2D eigenvalue weighted by atomic mass is 32.2. The van der Waals surface area contributed by atoms with Crippen molar-refractivity contribution in [1.29, 1.82) is 0 Å². The first-order valence-electron chi connectivity index (χ1n) is 10.9. The van der Waals surface area contributed by atoms with Crippen molar-refractivity contribution < 1.29 is 31.8 Å². The third-order valence-corrected chi connectivity index (χ3v) is 7.52. The minimum Gasteiger partial charge on any atom is -0.493 e. The zero-order chi connectivity index (χ0) is 24.7. The molecule has 34 heavy (non-hydrogen) atoms. The zero-order valence-corrected chi connectivity index (χ0v) is 20.4. The molecule has 1 saturated heterocycles. The fraction of sp³-hybridized carbons (Fsp3) is 0.435. The molecule has 1 N–H and O–H groups in total. The fourth-order valence-electron chi connectivity index (χ4n) is 3.80. The molecule has 1 fully saturated rings. The predicted molar refractivity (Wildman–Crippen MR) is 126 cm³/mol. The first-order valence-corrected chi connectivity index (χ1v) is 12.3. The maximum atomic E-state index is 13.2. The van der Waals surface area contributed by atoms with Crippen LogP contribution >= 0.6 is 0 Å². The van der Waals surface area contributed by atoms with Crippen LogP contribution in [0, 0.1) is 5.82 Å². The van der Waals surface area contributed by atoms with Crippen LogP contribution in [-0.4, -0.2) is 77.6 Å². The summed E-state index contributed by atoms with van der Waals surface area (Å²) >= 11 is 0. The van der Waals surface area contributed by atoms with Gasteiger partial charge in [0.25, 0.3) is 0 Å². The minimum absolute atomic E-state index is 0.0760. The number of nitrogens with zero attached hydrogens (tertiary/aromatic N) is 2. The predicted octanol–water partition coefficient (Wildman–Crippen LogP) is 2.58. The highest BCUT2D eigenvalue weighted by molar-refractivity contribution is 7.89. The normalized spacial score (nSPS) is 15.4. The molecule has 0 spiro atoms. The number of nitrogens with one attached hydrogen (secondary N) is 1. The van der Waals surface area contributed by atoms with Crippen molar-refractivity contribution in [3.63, 3.8) is 0 Å². The van der Waals surface area contributed by atoms with Crippen molar-refractivity contribution in [1.82, 2.24) is 9.21 Å². The second-order valence-electron chi connectivity index (χ2n) is 7.77. The Morgan fingerprint density at radius 3 is 2.21 bits per heavy atom. The molecule has 3 rings (SSSR count). The molecule has 1 amide bonds. The minimum atomic E-state index is -3.69. The van der Waals surface area contributed by atoms with Crippen LogP contribution in [0.3, 0.4) is 0 Å². The van der Waals surface area contributed by atoms with Gasteiger partial charge in [0.05, 0.1) is 26.2 Å². The lowest BCUT2D eigenvalue weighted by atomic mass is 10.2. The van der Waals surface area contributed by atoms with Gasteiger partial charge in [-0.15, -0.1) is 0 Å². The molecule has 186 valence electrons. The summed E-state index contributed by atoms with van der Waals surface area (Å²) in [6, 6.07) is 8.15. The average Bonchev–Trinajstić information content (AvgIpc) is 3.08. The number of carbonyl (C=O) groups excluding carboxylic acids is 1. The molecular formula is C23H30FN3O6S. The van der Waals surface area contributed by atoms with Gasteiger partial charge in [0.1, 0.15) is 5.82 Å². The summed E-state index contributed by atoms with van der Waals surface area (Å²) in [5.74, 6) is 0.645. The van der Waals surface area contributed by atoms with E-state index >= 15 is 0 Å². The molecule has 2 aromatic rings. The van der Waals surface area contributed by atoms with E-state index in [4.69, 9.17) is 14.2 Å². The number of anilines is 1.